The summed E-state index contributed by atoms with van der Waals surface area (Å²) < 4.78 is 5.45. The summed E-state index contributed by atoms with van der Waals surface area (Å²) in [7, 11) is 1.58. The van der Waals surface area contributed by atoms with Crippen molar-refractivity contribution >= 4 is 17.7 Å². The Morgan fingerprint density at radius 1 is 1.29 bits per heavy atom. The van der Waals surface area contributed by atoms with E-state index in [1.54, 1.807) is 24.2 Å². The van der Waals surface area contributed by atoms with Crippen molar-refractivity contribution in [2.75, 3.05) is 31.6 Å². The highest BCUT2D eigenvalue weighted by Gasteiger charge is 2.31. The predicted molar refractivity (Wildman–Crippen MR) is 92.2 cm³/mol. The second-order valence-corrected chi connectivity index (χ2v) is 6.95. The summed E-state index contributed by atoms with van der Waals surface area (Å²) in [5.41, 5.74) is 0.841. The minimum absolute atomic E-state index is 0.0345. The molecule has 1 aromatic heterocycles. The summed E-state index contributed by atoms with van der Waals surface area (Å²) >= 11 is 0. The van der Waals surface area contributed by atoms with Gasteiger partial charge in [0.15, 0.2) is 0 Å². The number of anilines is 1. The number of aromatic nitrogens is 1. The number of pyridine rings is 1. The van der Waals surface area contributed by atoms with E-state index in [2.05, 4.69) is 15.2 Å². The number of nitrogens with one attached hydrogen (secondary N) is 1. The van der Waals surface area contributed by atoms with Gasteiger partial charge in [0, 0.05) is 32.7 Å². The van der Waals surface area contributed by atoms with Gasteiger partial charge in [-0.25, -0.2) is 9.78 Å². The number of hydrogen-bond donors (Lipinski definition) is 1. The van der Waals surface area contributed by atoms with E-state index in [1.165, 1.54) is 0 Å². The number of carbonyl (C=O) groups excluding carboxylic acids is 2. The third-order valence-corrected chi connectivity index (χ3v) is 3.83. The number of amides is 2. The Morgan fingerprint density at radius 3 is 2.50 bits per heavy atom. The van der Waals surface area contributed by atoms with Crippen molar-refractivity contribution in [3.8, 4) is 0 Å². The third-order valence-electron chi connectivity index (χ3n) is 3.83. The normalized spacial score (nSPS) is 18.3. The fraction of sp³-hybridized carbons (Fsp3) is 0.588. The molecule has 0 unspecified atom stereocenters. The molecule has 0 radical (unpaired) electrons. The Labute approximate surface area is 143 Å². The maximum atomic E-state index is 12.2. The molecule has 2 rings (SSSR count). The second-order valence-electron chi connectivity index (χ2n) is 6.95. The van der Waals surface area contributed by atoms with Crippen LogP contribution < -0.4 is 10.2 Å². The quantitative estimate of drug-likeness (QED) is 0.894. The number of hydrogen-bond acceptors (Lipinski definition) is 5. The smallest absolute Gasteiger partial charge is 0.410 e. The van der Waals surface area contributed by atoms with Crippen molar-refractivity contribution in [2.45, 2.75) is 39.3 Å². The van der Waals surface area contributed by atoms with Crippen molar-refractivity contribution in [1.82, 2.24) is 15.2 Å². The highest BCUT2D eigenvalue weighted by atomic mass is 16.6. The van der Waals surface area contributed by atoms with E-state index in [4.69, 9.17) is 4.74 Å². The highest BCUT2D eigenvalue weighted by molar-refractivity contribution is 5.92. The van der Waals surface area contributed by atoms with Crippen LogP contribution in [0.15, 0.2) is 18.3 Å². The molecule has 0 saturated carbocycles. The van der Waals surface area contributed by atoms with Gasteiger partial charge < -0.3 is 19.9 Å². The van der Waals surface area contributed by atoms with Crippen LogP contribution in [0.5, 0.6) is 0 Å². The van der Waals surface area contributed by atoms with Crippen LogP contribution in [0.1, 0.15) is 38.2 Å². The number of ether oxygens (including phenoxy) is 1. The lowest BCUT2D eigenvalue weighted by Gasteiger charge is -2.41. The Morgan fingerprint density at radius 2 is 2.00 bits per heavy atom. The Hall–Kier alpha value is -2.31. The molecule has 1 N–H and O–H groups in total. The van der Waals surface area contributed by atoms with Crippen LogP contribution in [-0.4, -0.2) is 60.2 Å². The number of rotatable bonds is 2. The van der Waals surface area contributed by atoms with Gasteiger partial charge in [-0.3, -0.25) is 4.79 Å². The Bertz CT molecular complexity index is 595. The van der Waals surface area contributed by atoms with Crippen molar-refractivity contribution in [2.24, 2.45) is 0 Å². The van der Waals surface area contributed by atoms with Crippen LogP contribution in [-0.2, 0) is 4.74 Å². The van der Waals surface area contributed by atoms with Gasteiger partial charge in [-0.15, -0.1) is 0 Å². The van der Waals surface area contributed by atoms with Crippen molar-refractivity contribution in [3.05, 3.63) is 24.0 Å². The summed E-state index contributed by atoms with van der Waals surface area (Å²) in [5, 5.41) is 2.55. The van der Waals surface area contributed by atoms with Crippen LogP contribution in [0.25, 0.3) is 0 Å². The first-order valence-electron chi connectivity index (χ1n) is 8.14. The minimum atomic E-state index is -0.493. The van der Waals surface area contributed by atoms with E-state index in [0.717, 1.165) is 5.69 Å². The first-order chi connectivity index (χ1) is 11.2. The molecule has 7 nitrogen and oxygen atoms in total. The largest absolute Gasteiger partial charge is 0.444 e. The zero-order valence-corrected chi connectivity index (χ0v) is 15.0. The van der Waals surface area contributed by atoms with Gasteiger partial charge in [-0.1, -0.05) is 0 Å². The molecule has 0 aromatic carbocycles. The molecule has 2 heterocycles. The van der Waals surface area contributed by atoms with Crippen LogP contribution in [0.4, 0.5) is 10.5 Å². The topological polar surface area (TPSA) is 74.8 Å². The summed E-state index contributed by atoms with van der Waals surface area (Å²) in [6, 6.07) is 3.62. The van der Waals surface area contributed by atoms with E-state index < -0.39 is 5.60 Å². The van der Waals surface area contributed by atoms with Crippen molar-refractivity contribution in [3.63, 3.8) is 0 Å². The fourth-order valence-corrected chi connectivity index (χ4v) is 2.62. The van der Waals surface area contributed by atoms with Crippen LogP contribution in [0.3, 0.4) is 0 Å². The zero-order chi connectivity index (χ0) is 17.9. The van der Waals surface area contributed by atoms with Gasteiger partial charge in [0.1, 0.15) is 11.3 Å². The van der Waals surface area contributed by atoms with Gasteiger partial charge >= 0.3 is 6.09 Å². The molecular weight excluding hydrogens is 308 g/mol. The molecule has 1 fully saturated rings. The monoisotopic (exact) mass is 334 g/mol. The minimum Gasteiger partial charge on any atom is -0.444 e. The van der Waals surface area contributed by atoms with Gasteiger partial charge in [0.25, 0.3) is 5.91 Å². The summed E-state index contributed by atoms with van der Waals surface area (Å²) in [4.78, 5) is 31.9. The number of carbonyl (C=O) groups is 2. The van der Waals surface area contributed by atoms with Gasteiger partial charge in [-0.2, -0.15) is 0 Å². The molecule has 7 heteroatoms. The van der Waals surface area contributed by atoms with Crippen LogP contribution >= 0.6 is 0 Å². The molecule has 132 valence electrons. The highest BCUT2D eigenvalue weighted by Crippen LogP contribution is 2.20. The molecule has 0 bridgehead atoms. The average Bonchev–Trinajstić information content (AvgIpc) is 2.52. The summed E-state index contributed by atoms with van der Waals surface area (Å²) in [5.74, 6) is -0.204. The average molecular weight is 334 g/mol. The van der Waals surface area contributed by atoms with Crippen LogP contribution in [0, 0.1) is 0 Å². The number of piperazine rings is 1. The molecule has 0 spiro atoms. The van der Waals surface area contributed by atoms with Crippen LogP contribution in [0.2, 0.25) is 0 Å². The van der Waals surface area contributed by atoms with E-state index >= 15 is 0 Å². The lowest BCUT2D eigenvalue weighted by molar-refractivity contribution is 0.0159. The van der Waals surface area contributed by atoms with Crippen molar-refractivity contribution < 1.29 is 14.3 Å². The Balaban J connectivity index is 2.00. The SMILES string of the molecule is CNC(=O)c1ccc(N2CCN(C(=O)OC(C)(C)C)[C@H](C)C2)cn1. The maximum absolute atomic E-state index is 12.2. The molecule has 1 saturated heterocycles. The fourth-order valence-electron chi connectivity index (χ4n) is 2.62. The zero-order valence-electron chi connectivity index (χ0n) is 15.0. The van der Waals surface area contributed by atoms with Crippen molar-refractivity contribution in [1.29, 1.82) is 0 Å². The lowest BCUT2D eigenvalue weighted by atomic mass is 10.1. The predicted octanol–water partition coefficient (Wildman–Crippen LogP) is 1.89. The molecule has 1 atom stereocenters. The first-order valence-corrected chi connectivity index (χ1v) is 8.14. The molecule has 0 aliphatic carbocycles. The third kappa shape index (κ3) is 4.37. The maximum Gasteiger partial charge on any atom is 0.410 e. The lowest BCUT2D eigenvalue weighted by Crippen LogP contribution is -2.55. The molecule has 1 aromatic rings. The first kappa shape index (κ1) is 18.0. The molecule has 2 amide bonds. The standard InChI is InChI=1S/C17H26N4O3/c1-12-11-20(8-9-21(12)16(23)24-17(2,3)4)13-6-7-14(19-10-13)15(22)18-5/h6-7,10,12H,8-9,11H2,1-5H3,(H,18,22)/t12-/m1/s1. The molecule has 1 aliphatic heterocycles. The van der Waals surface area contributed by atoms with Gasteiger partial charge in [-0.05, 0) is 39.8 Å². The molecule has 24 heavy (non-hydrogen) atoms. The molecule has 1 aliphatic rings. The summed E-state index contributed by atoms with van der Waals surface area (Å²) in [6.45, 7) is 9.59. The Kier molecular flexibility index (Phi) is 5.31. The molecular formula is C17H26N4O3. The van der Waals surface area contributed by atoms with E-state index in [9.17, 15) is 9.59 Å². The van der Waals surface area contributed by atoms with E-state index in [-0.39, 0.29) is 18.0 Å². The van der Waals surface area contributed by atoms with Gasteiger partial charge in [0.05, 0.1) is 11.9 Å². The number of nitrogens with zero attached hydrogens (tertiary/aromatic N) is 3. The summed E-state index contributed by atoms with van der Waals surface area (Å²) in [6.07, 6.45) is 1.42. The van der Waals surface area contributed by atoms with E-state index in [0.29, 0.717) is 25.3 Å². The second kappa shape index (κ2) is 7.07. The van der Waals surface area contributed by atoms with E-state index in [1.807, 2.05) is 33.8 Å². The van der Waals surface area contributed by atoms with Gasteiger partial charge in [0.2, 0.25) is 0 Å².